The highest BCUT2D eigenvalue weighted by Crippen LogP contribution is 2.39. The van der Waals surface area contributed by atoms with Crippen LogP contribution in [0.3, 0.4) is 0 Å². The number of carbonyl (C=O) groups excluding carboxylic acids is 1. The number of hydrogen-bond acceptors (Lipinski definition) is 7. The number of rotatable bonds is 7. The predicted molar refractivity (Wildman–Crippen MR) is 115 cm³/mol. The van der Waals surface area contributed by atoms with Crippen LogP contribution in [0.15, 0.2) is 30.3 Å². The van der Waals surface area contributed by atoms with Crippen molar-refractivity contribution in [2.45, 2.75) is 37.4 Å². The molecule has 0 saturated carbocycles. The van der Waals surface area contributed by atoms with E-state index in [4.69, 9.17) is 0 Å². The zero-order chi connectivity index (χ0) is 19.2. The standard InChI is InChI=1S/C19H26N6OS2/c26-18(9-5-4-8-17-10-15-27-28-17)23-11-13-24(14-12-23)19-20-21-22-25(19)16-6-2-1-3-7-16/h1-3,6-7,17H,4-5,8-15H2. The fourth-order valence-corrected chi connectivity index (χ4v) is 6.67. The molecule has 1 unspecified atom stereocenters. The Bertz CT molecular complexity index is 757. The van der Waals surface area contributed by atoms with Crippen LogP contribution in [0.4, 0.5) is 5.95 Å². The minimum absolute atomic E-state index is 0.288. The van der Waals surface area contributed by atoms with Crippen LogP contribution in [0.2, 0.25) is 0 Å². The summed E-state index contributed by atoms with van der Waals surface area (Å²) in [6.45, 7) is 2.98. The van der Waals surface area contributed by atoms with Crippen molar-refractivity contribution in [3.63, 3.8) is 0 Å². The molecule has 2 aliphatic rings. The fraction of sp³-hybridized carbons (Fsp3) is 0.579. The van der Waals surface area contributed by atoms with Crippen LogP contribution >= 0.6 is 21.6 Å². The highest BCUT2D eigenvalue weighted by molar-refractivity contribution is 8.77. The van der Waals surface area contributed by atoms with E-state index in [2.05, 4.69) is 20.4 Å². The second kappa shape index (κ2) is 9.65. The molecule has 0 N–H and O–H groups in total. The summed E-state index contributed by atoms with van der Waals surface area (Å²) in [6, 6.07) is 9.90. The van der Waals surface area contributed by atoms with E-state index in [9.17, 15) is 4.79 Å². The third-order valence-corrected chi connectivity index (χ3v) is 8.27. The lowest BCUT2D eigenvalue weighted by Crippen LogP contribution is -2.49. The zero-order valence-electron chi connectivity index (χ0n) is 15.9. The van der Waals surface area contributed by atoms with Crippen molar-refractivity contribution in [2.24, 2.45) is 0 Å². The van der Waals surface area contributed by atoms with Gasteiger partial charge in [0.1, 0.15) is 0 Å². The van der Waals surface area contributed by atoms with Crippen molar-refractivity contribution in [1.29, 1.82) is 0 Å². The average molecular weight is 419 g/mol. The maximum absolute atomic E-state index is 12.5. The van der Waals surface area contributed by atoms with E-state index in [0.29, 0.717) is 6.42 Å². The number of piperazine rings is 1. The smallest absolute Gasteiger partial charge is 0.250 e. The van der Waals surface area contributed by atoms with Gasteiger partial charge in [0.15, 0.2) is 0 Å². The first-order chi connectivity index (χ1) is 13.8. The molecular weight excluding hydrogens is 392 g/mol. The summed E-state index contributed by atoms with van der Waals surface area (Å²) < 4.78 is 1.76. The third-order valence-electron chi connectivity index (χ3n) is 5.26. The van der Waals surface area contributed by atoms with Gasteiger partial charge in [-0.25, -0.2) is 0 Å². The maximum atomic E-state index is 12.5. The Labute approximate surface area is 173 Å². The lowest BCUT2D eigenvalue weighted by atomic mass is 10.1. The van der Waals surface area contributed by atoms with E-state index in [-0.39, 0.29) is 5.91 Å². The van der Waals surface area contributed by atoms with Gasteiger partial charge in [0.25, 0.3) is 0 Å². The molecule has 1 atom stereocenters. The number of hydrogen-bond donors (Lipinski definition) is 0. The Morgan fingerprint density at radius 1 is 1.11 bits per heavy atom. The average Bonchev–Trinajstić information content (AvgIpc) is 3.44. The molecule has 2 fully saturated rings. The predicted octanol–water partition coefficient (Wildman–Crippen LogP) is 3.03. The molecule has 2 aliphatic heterocycles. The fourth-order valence-electron chi connectivity index (χ4n) is 3.64. The van der Waals surface area contributed by atoms with Crippen molar-refractivity contribution < 1.29 is 4.79 Å². The van der Waals surface area contributed by atoms with Gasteiger partial charge < -0.3 is 9.80 Å². The lowest BCUT2D eigenvalue weighted by molar-refractivity contribution is -0.131. The van der Waals surface area contributed by atoms with Crippen LogP contribution in [0.1, 0.15) is 32.1 Å². The van der Waals surface area contributed by atoms with E-state index < -0.39 is 0 Å². The largest absolute Gasteiger partial charge is 0.339 e. The quantitative estimate of drug-likeness (QED) is 0.506. The number of nitrogens with zero attached hydrogens (tertiary/aromatic N) is 6. The Hall–Kier alpha value is -1.74. The number of unbranched alkanes of at least 4 members (excludes halogenated alkanes) is 1. The molecule has 1 aromatic carbocycles. The van der Waals surface area contributed by atoms with Gasteiger partial charge in [0.2, 0.25) is 11.9 Å². The van der Waals surface area contributed by atoms with E-state index in [1.165, 1.54) is 18.6 Å². The number of amides is 1. The van der Waals surface area contributed by atoms with Crippen LogP contribution < -0.4 is 4.90 Å². The van der Waals surface area contributed by atoms with Crippen LogP contribution in [-0.4, -0.2) is 68.2 Å². The summed E-state index contributed by atoms with van der Waals surface area (Å²) >= 11 is 0. The number of aromatic nitrogens is 4. The first-order valence-electron chi connectivity index (χ1n) is 9.96. The Kier molecular flexibility index (Phi) is 6.74. The molecule has 3 heterocycles. The highest BCUT2D eigenvalue weighted by atomic mass is 33.1. The van der Waals surface area contributed by atoms with E-state index in [1.54, 1.807) is 4.68 Å². The van der Waals surface area contributed by atoms with Crippen molar-refractivity contribution in [3.8, 4) is 5.69 Å². The first-order valence-corrected chi connectivity index (χ1v) is 12.3. The molecule has 9 heteroatoms. The van der Waals surface area contributed by atoms with Gasteiger partial charge >= 0.3 is 0 Å². The van der Waals surface area contributed by atoms with Crippen LogP contribution in [0.5, 0.6) is 0 Å². The van der Waals surface area contributed by atoms with E-state index in [0.717, 1.165) is 55.9 Å². The van der Waals surface area contributed by atoms with Gasteiger partial charge in [-0.05, 0) is 41.8 Å². The van der Waals surface area contributed by atoms with Gasteiger partial charge in [-0.3, -0.25) is 4.79 Å². The van der Waals surface area contributed by atoms with Gasteiger partial charge in [-0.1, -0.05) is 51.3 Å². The minimum Gasteiger partial charge on any atom is -0.339 e. The molecule has 2 aromatic rings. The first kappa shape index (κ1) is 19.6. The SMILES string of the molecule is O=C(CCCCC1CCSS1)N1CCN(c2nnnn2-c2ccccc2)CC1. The van der Waals surface area contributed by atoms with Gasteiger partial charge in [0.05, 0.1) is 5.69 Å². The van der Waals surface area contributed by atoms with E-state index >= 15 is 0 Å². The number of para-hydroxylation sites is 1. The summed E-state index contributed by atoms with van der Waals surface area (Å²) in [5, 5.41) is 13.0. The molecule has 0 spiro atoms. The third kappa shape index (κ3) is 4.81. The van der Waals surface area contributed by atoms with Crippen molar-refractivity contribution in [2.75, 3.05) is 36.8 Å². The Balaban J connectivity index is 1.23. The Morgan fingerprint density at radius 2 is 1.93 bits per heavy atom. The molecule has 7 nitrogen and oxygen atoms in total. The molecule has 0 radical (unpaired) electrons. The molecule has 0 aliphatic carbocycles. The van der Waals surface area contributed by atoms with Crippen molar-refractivity contribution in [1.82, 2.24) is 25.1 Å². The zero-order valence-corrected chi connectivity index (χ0v) is 17.6. The van der Waals surface area contributed by atoms with Gasteiger partial charge in [-0.2, -0.15) is 4.68 Å². The van der Waals surface area contributed by atoms with E-state index in [1.807, 2.05) is 56.8 Å². The molecule has 150 valence electrons. The number of benzene rings is 1. The van der Waals surface area contributed by atoms with Gasteiger partial charge in [-0.15, -0.1) is 0 Å². The lowest BCUT2D eigenvalue weighted by Gasteiger charge is -2.34. The van der Waals surface area contributed by atoms with Crippen LogP contribution in [0.25, 0.3) is 5.69 Å². The normalized spacial score (nSPS) is 19.9. The summed E-state index contributed by atoms with van der Waals surface area (Å²) in [6.07, 6.45) is 5.42. The molecule has 28 heavy (non-hydrogen) atoms. The second-order valence-corrected chi connectivity index (χ2v) is 9.96. The number of tetrazole rings is 1. The molecular formula is C19H26N6OS2. The second-order valence-electron chi connectivity index (χ2n) is 7.17. The van der Waals surface area contributed by atoms with Crippen LogP contribution in [-0.2, 0) is 4.79 Å². The molecule has 1 aromatic heterocycles. The summed E-state index contributed by atoms with van der Waals surface area (Å²) in [5.41, 5.74) is 0.944. The summed E-state index contributed by atoms with van der Waals surface area (Å²) in [4.78, 5) is 16.7. The Morgan fingerprint density at radius 3 is 2.68 bits per heavy atom. The molecule has 0 bridgehead atoms. The monoisotopic (exact) mass is 418 g/mol. The summed E-state index contributed by atoms with van der Waals surface area (Å²) in [7, 11) is 4.01. The highest BCUT2D eigenvalue weighted by Gasteiger charge is 2.24. The number of carbonyl (C=O) groups is 1. The number of anilines is 1. The maximum Gasteiger partial charge on any atom is 0.250 e. The molecule has 1 amide bonds. The van der Waals surface area contributed by atoms with Crippen LogP contribution in [0, 0.1) is 0 Å². The van der Waals surface area contributed by atoms with Crippen molar-refractivity contribution >= 4 is 33.4 Å². The minimum atomic E-state index is 0.288. The molecule has 4 rings (SSSR count). The topological polar surface area (TPSA) is 67.2 Å². The van der Waals surface area contributed by atoms with Gasteiger partial charge in [0, 0.05) is 43.6 Å². The summed E-state index contributed by atoms with van der Waals surface area (Å²) in [5.74, 6) is 2.31. The molecule has 2 saturated heterocycles. The van der Waals surface area contributed by atoms with Crippen molar-refractivity contribution in [3.05, 3.63) is 30.3 Å².